The lowest BCUT2D eigenvalue weighted by Gasteiger charge is -2.09. The van der Waals surface area contributed by atoms with Crippen molar-refractivity contribution in [3.8, 4) is 24.3 Å². The fourth-order valence-corrected chi connectivity index (χ4v) is 2.81. The van der Waals surface area contributed by atoms with Gasteiger partial charge in [0.1, 0.15) is 23.1 Å². The van der Waals surface area contributed by atoms with Gasteiger partial charge in [0, 0.05) is 10.9 Å². The Balaban J connectivity index is 2.60. The van der Waals surface area contributed by atoms with E-state index in [0.29, 0.717) is 10.6 Å². The zero-order chi connectivity index (χ0) is 15.6. The van der Waals surface area contributed by atoms with Gasteiger partial charge in [-0.05, 0) is 17.7 Å². The molecule has 0 heterocycles. The first-order chi connectivity index (χ1) is 10.1. The van der Waals surface area contributed by atoms with Gasteiger partial charge in [-0.25, -0.2) is 0 Å². The maximum atomic E-state index is 9.50. The summed E-state index contributed by atoms with van der Waals surface area (Å²) in [4.78, 5) is 0. The molecule has 2 rings (SSSR count). The number of rotatable bonds is 2. The van der Waals surface area contributed by atoms with Crippen molar-refractivity contribution in [2.75, 3.05) is 0 Å². The Bertz CT molecular complexity index is 783. The number of halogens is 1. The lowest BCUT2D eigenvalue weighted by Crippen LogP contribution is -2.17. The van der Waals surface area contributed by atoms with Crippen LogP contribution in [0.2, 0.25) is 5.02 Å². The zero-order valence-corrected chi connectivity index (χ0v) is 11.5. The van der Waals surface area contributed by atoms with Gasteiger partial charge in [0.25, 0.3) is 0 Å². The Kier molecular flexibility index (Phi) is 3.56. The maximum Gasteiger partial charge on any atom is 0.150 e. The van der Waals surface area contributed by atoms with Gasteiger partial charge in [0.2, 0.25) is 0 Å². The molecule has 5 nitrogen and oxygen atoms in total. The summed E-state index contributed by atoms with van der Waals surface area (Å²) >= 11 is 5.93. The third-order valence-corrected chi connectivity index (χ3v) is 3.91. The molecule has 0 aromatic heterocycles. The molecule has 1 aliphatic carbocycles. The van der Waals surface area contributed by atoms with Gasteiger partial charge in [-0.2, -0.15) is 21.0 Å². The van der Waals surface area contributed by atoms with Crippen LogP contribution in [-0.2, 0) is 0 Å². The Morgan fingerprint density at radius 2 is 1.86 bits per heavy atom. The first-order valence-corrected chi connectivity index (χ1v) is 6.31. The third-order valence-electron chi connectivity index (χ3n) is 3.68. The predicted octanol–water partition coefficient (Wildman–Crippen LogP) is 2.35. The van der Waals surface area contributed by atoms with Crippen LogP contribution in [-0.4, -0.2) is 0 Å². The Morgan fingerprint density at radius 1 is 1.19 bits per heavy atom. The second-order valence-corrected chi connectivity index (χ2v) is 5.07. The first-order valence-electron chi connectivity index (χ1n) is 5.93. The molecule has 2 N–H and O–H groups in total. The van der Waals surface area contributed by atoms with Crippen LogP contribution in [0.5, 0.6) is 0 Å². The SMILES string of the molecule is N#CC(C#N)=C(N)[C@]1(C#N)[C@H](C#N)[C@@H]1c1cccc(Cl)c1. The molecular formula is C15H8ClN5. The van der Waals surface area contributed by atoms with Crippen LogP contribution in [0.15, 0.2) is 35.5 Å². The van der Waals surface area contributed by atoms with Gasteiger partial charge < -0.3 is 5.73 Å². The average molecular weight is 294 g/mol. The van der Waals surface area contributed by atoms with Gasteiger partial charge in [-0.1, -0.05) is 23.7 Å². The molecule has 100 valence electrons. The van der Waals surface area contributed by atoms with Crippen LogP contribution in [0.1, 0.15) is 11.5 Å². The van der Waals surface area contributed by atoms with Crippen molar-refractivity contribution in [3.05, 3.63) is 46.1 Å². The molecule has 1 fully saturated rings. The summed E-state index contributed by atoms with van der Waals surface area (Å²) in [6, 6.07) is 14.2. The molecule has 0 radical (unpaired) electrons. The number of nitrogens with zero attached hydrogens (tertiary/aromatic N) is 4. The average Bonchev–Trinajstić information content (AvgIpc) is 3.17. The predicted molar refractivity (Wildman–Crippen MR) is 73.8 cm³/mol. The van der Waals surface area contributed by atoms with E-state index in [1.165, 1.54) is 0 Å². The van der Waals surface area contributed by atoms with Gasteiger partial charge in [-0.3, -0.25) is 0 Å². The second-order valence-electron chi connectivity index (χ2n) is 4.63. The quantitative estimate of drug-likeness (QED) is 0.839. The highest BCUT2D eigenvalue weighted by Crippen LogP contribution is 2.67. The molecule has 21 heavy (non-hydrogen) atoms. The second kappa shape index (κ2) is 5.18. The monoisotopic (exact) mass is 293 g/mol. The smallest absolute Gasteiger partial charge is 0.150 e. The van der Waals surface area contributed by atoms with E-state index in [1.807, 2.05) is 12.1 Å². The lowest BCUT2D eigenvalue weighted by atomic mass is 9.94. The molecule has 0 bridgehead atoms. The highest BCUT2D eigenvalue weighted by Gasteiger charge is 2.69. The van der Waals surface area contributed by atoms with Crippen LogP contribution in [0.4, 0.5) is 0 Å². The van der Waals surface area contributed by atoms with E-state index >= 15 is 0 Å². The number of nitriles is 4. The zero-order valence-electron chi connectivity index (χ0n) is 10.7. The van der Waals surface area contributed by atoms with Crippen molar-refractivity contribution in [1.82, 2.24) is 0 Å². The first kappa shape index (κ1) is 14.4. The summed E-state index contributed by atoms with van der Waals surface area (Å²) in [6.45, 7) is 0. The Morgan fingerprint density at radius 3 is 2.33 bits per heavy atom. The molecule has 0 amide bonds. The van der Waals surface area contributed by atoms with Gasteiger partial charge in [0.15, 0.2) is 0 Å². The molecule has 0 unspecified atom stereocenters. The van der Waals surface area contributed by atoms with Crippen LogP contribution in [0.3, 0.4) is 0 Å². The van der Waals surface area contributed by atoms with Crippen molar-refractivity contribution in [2.24, 2.45) is 17.1 Å². The van der Waals surface area contributed by atoms with E-state index in [-0.39, 0.29) is 11.3 Å². The fourth-order valence-electron chi connectivity index (χ4n) is 2.61. The Hall–Kier alpha value is -2.99. The minimum Gasteiger partial charge on any atom is -0.399 e. The molecule has 3 atom stereocenters. The summed E-state index contributed by atoms with van der Waals surface area (Å²) in [6.07, 6.45) is 0. The van der Waals surface area contributed by atoms with E-state index in [0.717, 1.165) is 0 Å². The number of nitrogens with two attached hydrogens (primary N) is 1. The molecule has 0 aliphatic heterocycles. The molecule has 0 spiro atoms. The summed E-state index contributed by atoms with van der Waals surface area (Å²) in [5, 5.41) is 37.1. The number of allylic oxidation sites excluding steroid dienone is 2. The van der Waals surface area contributed by atoms with E-state index in [1.54, 1.807) is 36.4 Å². The van der Waals surface area contributed by atoms with Crippen LogP contribution in [0.25, 0.3) is 0 Å². The minimum absolute atomic E-state index is 0.147. The summed E-state index contributed by atoms with van der Waals surface area (Å²) < 4.78 is 0. The largest absolute Gasteiger partial charge is 0.399 e. The standard InChI is InChI=1S/C15H8ClN5/c16-11-3-1-2-9(4-11)13-12(7-19)15(13,8-20)14(21)10(5-17)6-18/h1-4,12-13H,21H2/t12-,13+,15-/m1/s1. The van der Waals surface area contributed by atoms with E-state index in [9.17, 15) is 10.5 Å². The molecule has 1 aromatic carbocycles. The number of benzene rings is 1. The third kappa shape index (κ3) is 1.98. The lowest BCUT2D eigenvalue weighted by molar-refractivity contribution is 0.719. The van der Waals surface area contributed by atoms with Crippen molar-refractivity contribution < 1.29 is 0 Å². The summed E-state index contributed by atoms with van der Waals surface area (Å²) in [5.41, 5.74) is 4.71. The minimum atomic E-state index is -1.35. The van der Waals surface area contributed by atoms with Crippen molar-refractivity contribution in [3.63, 3.8) is 0 Å². The molecule has 1 aliphatic rings. The molecule has 1 saturated carbocycles. The molecule has 1 aromatic rings. The Labute approximate surface area is 126 Å². The summed E-state index contributed by atoms with van der Waals surface area (Å²) in [7, 11) is 0. The topological polar surface area (TPSA) is 121 Å². The van der Waals surface area contributed by atoms with E-state index in [2.05, 4.69) is 0 Å². The van der Waals surface area contributed by atoms with Crippen LogP contribution < -0.4 is 5.73 Å². The van der Waals surface area contributed by atoms with Crippen LogP contribution in [0, 0.1) is 56.7 Å². The van der Waals surface area contributed by atoms with E-state index in [4.69, 9.17) is 27.9 Å². The number of hydrogen-bond donors (Lipinski definition) is 1. The van der Waals surface area contributed by atoms with Gasteiger partial charge in [0.05, 0.1) is 23.8 Å². The number of hydrogen-bond acceptors (Lipinski definition) is 5. The molecular weight excluding hydrogens is 286 g/mol. The van der Waals surface area contributed by atoms with Crippen molar-refractivity contribution in [2.45, 2.75) is 5.92 Å². The summed E-state index contributed by atoms with van der Waals surface area (Å²) in [5.74, 6) is -1.21. The van der Waals surface area contributed by atoms with Crippen molar-refractivity contribution >= 4 is 11.6 Å². The maximum absolute atomic E-state index is 9.50. The highest BCUT2D eigenvalue weighted by atomic mass is 35.5. The normalized spacial score (nSPS) is 25.6. The van der Waals surface area contributed by atoms with Crippen LogP contribution >= 0.6 is 11.6 Å². The van der Waals surface area contributed by atoms with Gasteiger partial charge in [-0.15, -0.1) is 0 Å². The van der Waals surface area contributed by atoms with Crippen molar-refractivity contribution in [1.29, 1.82) is 21.0 Å². The van der Waals surface area contributed by atoms with Gasteiger partial charge >= 0.3 is 0 Å². The van der Waals surface area contributed by atoms with E-state index < -0.39 is 17.3 Å². The molecule has 6 heteroatoms. The molecule has 0 saturated heterocycles. The fraction of sp³-hybridized carbons (Fsp3) is 0.200. The highest BCUT2D eigenvalue weighted by molar-refractivity contribution is 6.30.